The van der Waals surface area contributed by atoms with Crippen LogP contribution in [0.4, 0.5) is 4.39 Å². The molecule has 0 bridgehead atoms. The second-order valence-corrected chi connectivity index (χ2v) is 8.11. The molecule has 0 spiro atoms. The van der Waals surface area contributed by atoms with Gasteiger partial charge in [-0.05, 0) is 65.1 Å². The topological polar surface area (TPSA) is 0 Å². The van der Waals surface area contributed by atoms with E-state index >= 15 is 0 Å². The Balaban J connectivity index is 2.17. The summed E-state index contributed by atoms with van der Waals surface area (Å²) in [7, 11) is -0.127. The summed E-state index contributed by atoms with van der Waals surface area (Å²) in [5.41, 5.74) is 0. The molecule has 3 heteroatoms. The minimum absolute atomic E-state index is 0.127. The third-order valence-corrected chi connectivity index (χ3v) is 6.61. The van der Waals surface area contributed by atoms with E-state index in [4.69, 9.17) is 0 Å². The van der Waals surface area contributed by atoms with Crippen LogP contribution in [-0.2, 0) is 0 Å². The predicted molar refractivity (Wildman–Crippen MR) is 97.9 cm³/mol. The molecule has 0 saturated carbocycles. The molecule has 102 valence electrons. The van der Waals surface area contributed by atoms with Gasteiger partial charge in [0, 0.05) is 36.9 Å². The third-order valence-electron chi connectivity index (χ3n) is 3.61. The van der Waals surface area contributed by atoms with E-state index in [-0.39, 0.29) is 16.3 Å². The van der Waals surface area contributed by atoms with Gasteiger partial charge in [0.1, 0.15) is 5.82 Å². The molecule has 1 unspecified atom stereocenters. The lowest BCUT2D eigenvalue weighted by molar-refractivity contribution is 0.628. The fraction of sp³-hybridized carbons (Fsp3) is 0. The highest BCUT2D eigenvalue weighted by atomic mass is 127. The number of hydrogen-bond acceptors (Lipinski definition) is 0. The number of benzene rings is 3. The van der Waals surface area contributed by atoms with Crippen molar-refractivity contribution >= 4 is 53.2 Å². The Labute approximate surface area is 138 Å². The van der Waals surface area contributed by atoms with E-state index in [1.165, 1.54) is 28.6 Å². The van der Waals surface area contributed by atoms with Gasteiger partial charge in [0.15, 0.2) is 14.3 Å². The zero-order valence-corrected chi connectivity index (χ0v) is 14.0. The summed E-state index contributed by atoms with van der Waals surface area (Å²) in [6.07, 6.45) is 0. The van der Waals surface area contributed by atoms with Crippen LogP contribution < -0.4 is 0 Å². The lowest BCUT2D eigenvalue weighted by Crippen LogP contribution is -1.74. The average molecular weight is 405 g/mol. The highest BCUT2D eigenvalue weighted by Gasteiger charge is 2.23. The van der Waals surface area contributed by atoms with Gasteiger partial charge in [-0.2, -0.15) is 0 Å². The molecule has 0 aliphatic rings. The van der Waals surface area contributed by atoms with E-state index < -0.39 is 0 Å². The third kappa shape index (κ3) is 2.15. The van der Waals surface area contributed by atoms with Gasteiger partial charge in [-0.15, -0.1) is 0 Å². The van der Waals surface area contributed by atoms with E-state index in [0.717, 1.165) is 0 Å². The van der Waals surface area contributed by atoms with E-state index in [0.29, 0.717) is 0 Å². The molecule has 4 rings (SSSR count). The molecule has 0 aliphatic heterocycles. The van der Waals surface area contributed by atoms with Gasteiger partial charge in [0.25, 0.3) is 0 Å². The van der Waals surface area contributed by atoms with Crippen LogP contribution in [0.2, 0.25) is 0 Å². The first-order chi connectivity index (χ1) is 10.2. The van der Waals surface area contributed by atoms with Crippen LogP contribution in [0.5, 0.6) is 0 Å². The maximum Gasteiger partial charge on any atom is 0.187 e. The predicted octanol–water partition coefficient (Wildman–Crippen LogP) is 6.48. The first-order valence-electron chi connectivity index (χ1n) is 6.63. The fourth-order valence-electron chi connectivity index (χ4n) is 2.70. The van der Waals surface area contributed by atoms with Gasteiger partial charge in [-0.25, -0.2) is 4.39 Å². The Morgan fingerprint density at radius 3 is 2.29 bits per heavy atom. The van der Waals surface area contributed by atoms with Crippen molar-refractivity contribution in [2.24, 2.45) is 0 Å². The number of hydrogen-bond donors (Lipinski definition) is 0. The second-order valence-electron chi connectivity index (χ2n) is 4.90. The summed E-state index contributed by atoms with van der Waals surface area (Å²) in [5, 5.41) is 2.61. The SMILES string of the molecule is Fc1ccc(-[s+]2c3ccccc3c3cc(I)ccc32)cc1. The zero-order chi connectivity index (χ0) is 14.4. The maximum absolute atomic E-state index is 13.2. The Morgan fingerprint density at radius 1 is 0.762 bits per heavy atom. The molecule has 0 N–H and O–H groups in total. The van der Waals surface area contributed by atoms with E-state index in [1.54, 1.807) is 12.1 Å². The molecule has 3 aromatic carbocycles. The summed E-state index contributed by atoms with van der Waals surface area (Å²) in [6.45, 7) is 0. The monoisotopic (exact) mass is 405 g/mol. The van der Waals surface area contributed by atoms with Crippen LogP contribution in [0.1, 0.15) is 0 Å². The van der Waals surface area contributed by atoms with Crippen LogP contribution in [0, 0.1) is 9.39 Å². The van der Waals surface area contributed by atoms with Gasteiger partial charge in [-0.1, -0.05) is 12.1 Å². The summed E-state index contributed by atoms with van der Waals surface area (Å²) in [4.78, 5) is 1.17. The van der Waals surface area contributed by atoms with Crippen molar-refractivity contribution in [3.63, 3.8) is 0 Å². The molecule has 4 aromatic rings. The maximum atomic E-state index is 13.2. The minimum Gasteiger partial charge on any atom is -0.207 e. The van der Waals surface area contributed by atoms with Crippen molar-refractivity contribution in [3.8, 4) is 4.90 Å². The largest absolute Gasteiger partial charge is 0.207 e. The zero-order valence-electron chi connectivity index (χ0n) is 11.0. The van der Waals surface area contributed by atoms with Crippen LogP contribution in [-0.4, -0.2) is 0 Å². The van der Waals surface area contributed by atoms with Crippen LogP contribution in [0.15, 0.2) is 66.7 Å². The first-order valence-corrected chi connectivity index (χ1v) is 8.93. The minimum atomic E-state index is -0.183. The molecule has 1 atom stereocenters. The summed E-state index contributed by atoms with van der Waals surface area (Å²) < 4.78 is 17.1. The van der Waals surface area contributed by atoms with Gasteiger partial charge < -0.3 is 0 Å². The molecule has 0 nitrogen and oxygen atoms in total. The quantitative estimate of drug-likeness (QED) is 0.251. The second kappa shape index (κ2) is 5.07. The van der Waals surface area contributed by atoms with Gasteiger partial charge in [-0.3, -0.25) is 0 Å². The molecular formula is C18H11FIS+. The molecule has 21 heavy (non-hydrogen) atoms. The number of fused-ring (bicyclic) bond motifs is 3. The Hall–Kier alpha value is -1.46. The number of halogens is 2. The average Bonchev–Trinajstić information content (AvgIpc) is 2.82. The Bertz CT molecular complexity index is 954. The standard InChI is InChI=1S/C18H11FIS/c19-12-5-8-14(9-6-12)21-17-4-2-1-3-15(17)16-11-13(20)7-10-18(16)21/h1-11H/q+1. The van der Waals surface area contributed by atoms with Gasteiger partial charge in [0.05, 0.1) is 0 Å². The highest BCUT2D eigenvalue weighted by Crippen LogP contribution is 2.48. The molecule has 0 fully saturated rings. The molecule has 0 saturated heterocycles. The van der Waals surface area contributed by atoms with Crippen molar-refractivity contribution in [1.29, 1.82) is 0 Å². The Morgan fingerprint density at radius 2 is 1.48 bits per heavy atom. The van der Waals surface area contributed by atoms with Crippen molar-refractivity contribution in [2.75, 3.05) is 0 Å². The van der Waals surface area contributed by atoms with E-state index in [1.807, 2.05) is 12.1 Å². The fourth-order valence-corrected chi connectivity index (χ4v) is 5.55. The summed E-state index contributed by atoms with van der Waals surface area (Å²) in [5.74, 6) is -0.183. The molecule has 0 aliphatic carbocycles. The Kier molecular flexibility index (Phi) is 3.19. The normalized spacial score (nSPS) is 12.2. The van der Waals surface area contributed by atoms with Crippen molar-refractivity contribution in [3.05, 3.63) is 76.1 Å². The molecule has 1 heterocycles. The number of rotatable bonds is 1. The highest BCUT2D eigenvalue weighted by molar-refractivity contribution is 14.1. The van der Waals surface area contributed by atoms with Crippen molar-refractivity contribution < 1.29 is 4.39 Å². The molecular weight excluding hydrogens is 394 g/mol. The van der Waals surface area contributed by atoms with Crippen molar-refractivity contribution in [2.45, 2.75) is 0 Å². The van der Waals surface area contributed by atoms with Crippen LogP contribution >= 0.6 is 33.1 Å². The van der Waals surface area contributed by atoms with Crippen molar-refractivity contribution in [1.82, 2.24) is 0 Å². The van der Waals surface area contributed by atoms with Crippen LogP contribution in [0.3, 0.4) is 0 Å². The summed E-state index contributed by atoms with van der Waals surface area (Å²) >= 11 is 2.35. The lowest BCUT2D eigenvalue weighted by Gasteiger charge is -1.93. The number of thiophene rings is 1. The smallest absolute Gasteiger partial charge is 0.187 e. The van der Waals surface area contributed by atoms with Crippen LogP contribution in [0.25, 0.3) is 25.1 Å². The molecule has 1 aromatic heterocycles. The van der Waals surface area contributed by atoms with Gasteiger partial charge in [0.2, 0.25) is 0 Å². The van der Waals surface area contributed by atoms with E-state index in [2.05, 4.69) is 65.1 Å². The lowest BCUT2D eigenvalue weighted by atomic mass is 10.2. The molecule has 0 amide bonds. The summed E-state index contributed by atoms with van der Waals surface area (Å²) in [6, 6.07) is 22.0. The van der Waals surface area contributed by atoms with E-state index in [9.17, 15) is 4.39 Å². The molecule has 0 radical (unpaired) electrons. The van der Waals surface area contributed by atoms with Gasteiger partial charge >= 0.3 is 0 Å². The first kappa shape index (κ1) is 13.2.